The van der Waals surface area contributed by atoms with Crippen LogP contribution in [0.3, 0.4) is 0 Å². The summed E-state index contributed by atoms with van der Waals surface area (Å²) in [6, 6.07) is 15.1. The Morgan fingerprint density at radius 1 is 1.12 bits per heavy atom. The van der Waals surface area contributed by atoms with Crippen molar-refractivity contribution >= 4 is 28.4 Å². The minimum atomic E-state index is -0.0613. The maximum atomic E-state index is 11.3. The first-order valence-corrected chi connectivity index (χ1v) is 11.6. The van der Waals surface area contributed by atoms with Gasteiger partial charge in [0.25, 0.3) is 0 Å². The number of aromatic nitrogens is 1. The number of hydrogen-bond acceptors (Lipinski definition) is 4. The summed E-state index contributed by atoms with van der Waals surface area (Å²) in [4.78, 5) is 15.9. The Labute approximate surface area is 194 Å². The Balaban J connectivity index is 1.42. The van der Waals surface area contributed by atoms with Crippen molar-refractivity contribution in [1.82, 2.24) is 10.3 Å². The average molecular weight is 453 g/mol. The molecule has 2 aromatic carbocycles. The molecule has 1 atom stereocenters. The molecule has 168 valence electrons. The molecule has 3 aromatic rings. The lowest BCUT2D eigenvalue weighted by Gasteiger charge is -2.22. The number of pyridine rings is 1. The monoisotopic (exact) mass is 452 g/mol. The first kappa shape index (κ1) is 22.4. The van der Waals surface area contributed by atoms with Gasteiger partial charge in [0, 0.05) is 24.4 Å². The zero-order valence-electron chi connectivity index (χ0n) is 18.6. The van der Waals surface area contributed by atoms with Crippen molar-refractivity contribution in [3.8, 4) is 17.4 Å². The summed E-state index contributed by atoms with van der Waals surface area (Å²) in [6.45, 7) is 4.19. The number of rotatable bonds is 7. The Bertz CT molecular complexity index is 1100. The molecule has 1 amide bonds. The molecule has 32 heavy (non-hydrogen) atoms. The molecule has 0 aliphatic heterocycles. The van der Waals surface area contributed by atoms with Gasteiger partial charge in [-0.1, -0.05) is 36.9 Å². The lowest BCUT2D eigenvalue weighted by Crippen LogP contribution is -2.23. The molecule has 0 bridgehead atoms. The second-order valence-electron chi connectivity index (χ2n) is 8.53. The third kappa shape index (κ3) is 5.71. The highest BCUT2D eigenvalue weighted by molar-refractivity contribution is 6.32. The number of nitrogens with zero attached hydrogens (tertiary/aromatic N) is 1. The van der Waals surface area contributed by atoms with E-state index in [1.807, 2.05) is 49.4 Å². The van der Waals surface area contributed by atoms with Gasteiger partial charge in [0.1, 0.15) is 11.5 Å². The summed E-state index contributed by atoms with van der Waals surface area (Å²) in [7, 11) is 0. The van der Waals surface area contributed by atoms with Gasteiger partial charge >= 0.3 is 0 Å². The third-order valence-corrected chi connectivity index (χ3v) is 6.23. The number of benzene rings is 2. The summed E-state index contributed by atoms with van der Waals surface area (Å²) >= 11 is 6.44. The minimum absolute atomic E-state index is 0.0523. The molecule has 0 spiro atoms. The molecule has 1 heterocycles. The molecule has 0 radical (unpaired) electrons. The Hall–Kier alpha value is -2.79. The predicted molar refractivity (Wildman–Crippen MR) is 128 cm³/mol. The van der Waals surface area contributed by atoms with E-state index < -0.39 is 0 Å². The van der Waals surface area contributed by atoms with E-state index in [4.69, 9.17) is 21.1 Å². The SMILES string of the molecule is CC(=O)NC(C)c1ccc2nc(Oc3ccc(OCC4CCCCC4)c(Cl)c3)ccc2c1. The summed E-state index contributed by atoms with van der Waals surface area (Å²) in [6.07, 6.45) is 6.40. The molecule has 5 nitrogen and oxygen atoms in total. The van der Waals surface area contributed by atoms with Gasteiger partial charge in [0.05, 0.1) is 23.2 Å². The van der Waals surface area contributed by atoms with Crippen LogP contribution >= 0.6 is 11.6 Å². The van der Waals surface area contributed by atoms with E-state index in [0.29, 0.717) is 34.9 Å². The van der Waals surface area contributed by atoms with Crippen LogP contribution in [-0.2, 0) is 4.79 Å². The van der Waals surface area contributed by atoms with Crippen LogP contribution in [0, 0.1) is 5.92 Å². The fraction of sp³-hybridized carbons (Fsp3) is 0.385. The van der Waals surface area contributed by atoms with Gasteiger partial charge in [-0.25, -0.2) is 4.98 Å². The largest absolute Gasteiger partial charge is 0.492 e. The number of ether oxygens (including phenoxy) is 2. The minimum Gasteiger partial charge on any atom is -0.492 e. The number of carbonyl (C=O) groups is 1. The summed E-state index contributed by atoms with van der Waals surface area (Å²) in [5, 5.41) is 4.42. The maximum Gasteiger partial charge on any atom is 0.219 e. The maximum absolute atomic E-state index is 11.3. The second kappa shape index (κ2) is 10.2. The molecular formula is C26H29ClN2O3. The molecule has 1 unspecified atom stereocenters. The van der Waals surface area contributed by atoms with Crippen molar-refractivity contribution in [1.29, 1.82) is 0 Å². The third-order valence-electron chi connectivity index (χ3n) is 5.93. The zero-order valence-corrected chi connectivity index (χ0v) is 19.3. The van der Waals surface area contributed by atoms with Crippen LogP contribution in [-0.4, -0.2) is 17.5 Å². The second-order valence-corrected chi connectivity index (χ2v) is 8.94. The summed E-state index contributed by atoms with van der Waals surface area (Å²) in [5.41, 5.74) is 1.85. The molecule has 1 fully saturated rings. The lowest BCUT2D eigenvalue weighted by molar-refractivity contribution is -0.119. The van der Waals surface area contributed by atoms with Gasteiger partial charge in [0.2, 0.25) is 11.8 Å². The quantitative estimate of drug-likeness (QED) is 0.426. The highest BCUT2D eigenvalue weighted by Gasteiger charge is 2.15. The van der Waals surface area contributed by atoms with Crippen molar-refractivity contribution in [3.63, 3.8) is 0 Å². The molecule has 0 saturated heterocycles. The first-order valence-electron chi connectivity index (χ1n) is 11.3. The van der Waals surface area contributed by atoms with Gasteiger partial charge in [-0.3, -0.25) is 4.79 Å². The highest BCUT2D eigenvalue weighted by Crippen LogP contribution is 2.33. The van der Waals surface area contributed by atoms with Gasteiger partial charge in [-0.15, -0.1) is 0 Å². The molecule has 1 aliphatic rings. The predicted octanol–water partition coefficient (Wildman–Crippen LogP) is 6.84. The Morgan fingerprint density at radius 2 is 1.94 bits per heavy atom. The van der Waals surface area contributed by atoms with Crippen LogP contribution in [0.1, 0.15) is 57.6 Å². The average Bonchev–Trinajstić information content (AvgIpc) is 2.78. The molecule has 6 heteroatoms. The van der Waals surface area contributed by atoms with Crippen LogP contribution in [0.25, 0.3) is 10.9 Å². The van der Waals surface area contributed by atoms with Gasteiger partial charge in [0.15, 0.2) is 0 Å². The first-order chi connectivity index (χ1) is 15.5. The summed E-state index contributed by atoms with van der Waals surface area (Å²) < 4.78 is 11.9. The molecule has 1 aliphatic carbocycles. The normalized spacial score (nSPS) is 15.3. The fourth-order valence-corrected chi connectivity index (χ4v) is 4.41. The van der Waals surface area contributed by atoms with Crippen LogP contribution in [0.5, 0.6) is 17.4 Å². The van der Waals surface area contributed by atoms with Crippen molar-refractivity contribution in [2.24, 2.45) is 5.92 Å². The van der Waals surface area contributed by atoms with E-state index in [2.05, 4.69) is 10.3 Å². The molecular weight excluding hydrogens is 424 g/mol. The van der Waals surface area contributed by atoms with Gasteiger partial charge in [-0.2, -0.15) is 0 Å². The van der Waals surface area contributed by atoms with Crippen molar-refractivity contribution < 1.29 is 14.3 Å². The zero-order chi connectivity index (χ0) is 22.5. The summed E-state index contributed by atoms with van der Waals surface area (Å²) in [5.74, 6) is 2.37. The number of halogens is 1. The van der Waals surface area contributed by atoms with Crippen LogP contribution in [0.4, 0.5) is 0 Å². The smallest absolute Gasteiger partial charge is 0.219 e. The van der Waals surface area contributed by atoms with E-state index >= 15 is 0 Å². The van der Waals surface area contributed by atoms with E-state index in [0.717, 1.165) is 16.5 Å². The fourth-order valence-electron chi connectivity index (χ4n) is 4.18. The van der Waals surface area contributed by atoms with Crippen molar-refractivity contribution in [2.45, 2.75) is 52.0 Å². The Morgan fingerprint density at radius 3 is 2.69 bits per heavy atom. The molecule has 1 saturated carbocycles. The highest BCUT2D eigenvalue weighted by atomic mass is 35.5. The van der Waals surface area contributed by atoms with Crippen LogP contribution in [0.15, 0.2) is 48.5 Å². The van der Waals surface area contributed by atoms with Crippen molar-refractivity contribution in [3.05, 3.63) is 59.1 Å². The van der Waals surface area contributed by atoms with Crippen molar-refractivity contribution in [2.75, 3.05) is 6.61 Å². The van der Waals surface area contributed by atoms with E-state index in [1.54, 1.807) is 6.07 Å². The number of nitrogens with one attached hydrogen (secondary N) is 1. The number of fused-ring (bicyclic) bond motifs is 1. The molecule has 1 N–H and O–H groups in total. The van der Waals surface area contributed by atoms with E-state index in [-0.39, 0.29) is 11.9 Å². The van der Waals surface area contributed by atoms with E-state index in [9.17, 15) is 4.79 Å². The van der Waals surface area contributed by atoms with Gasteiger partial charge in [-0.05, 0) is 61.6 Å². The lowest BCUT2D eigenvalue weighted by atomic mass is 9.90. The Kier molecular flexibility index (Phi) is 7.15. The number of hydrogen-bond donors (Lipinski definition) is 1. The van der Waals surface area contributed by atoms with Gasteiger partial charge < -0.3 is 14.8 Å². The molecule has 4 rings (SSSR count). The topological polar surface area (TPSA) is 60.5 Å². The van der Waals surface area contributed by atoms with E-state index in [1.165, 1.54) is 39.0 Å². The number of carbonyl (C=O) groups excluding carboxylic acids is 1. The molecule has 1 aromatic heterocycles. The van der Waals surface area contributed by atoms with Crippen LogP contribution < -0.4 is 14.8 Å². The standard InChI is InChI=1S/C26H29ClN2O3/c1-17(28-18(2)30)20-8-11-24-21(14-20)9-13-26(29-24)32-22-10-12-25(23(27)15-22)31-16-19-6-4-3-5-7-19/h8-15,17,19H,3-7,16H2,1-2H3,(H,28,30). The number of amides is 1. The van der Waals surface area contributed by atoms with Crippen LogP contribution in [0.2, 0.25) is 5.02 Å².